The van der Waals surface area contributed by atoms with Gasteiger partial charge < -0.3 is 10.1 Å². The Morgan fingerprint density at radius 1 is 0.931 bits per heavy atom. The molecule has 6 nitrogen and oxygen atoms in total. The van der Waals surface area contributed by atoms with Crippen LogP contribution in [0, 0.1) is 0 Å². The molecule has 0 radical (unpaired) electrons. The number of rotatable bonds is 6. The van der Waals surface area contributed by atoms with Crippen LogP contribution in [0.5, 0.6) is 5.75 Å². The summed E-state index contributed by atoms with van der Waals surface area (Å²) in [4.78, 5) is 12.5. The van der Waals surface area contributed by atoms with Crippen molar-refractivity contribution in [3.8, 4) is 5.75 Å². The largest absolute Gasteiger partial charge is 0.483 e. The van der Waals surface area contributed by atoms with Crippen LogP contribution in [0.4, 0.5) is 5.69 Å². The lowest BCUT2D eigenvalue weighted by molar-refractivity contribution is -0.118. The molecule has 29 heavy (non-hydrogen) atoms. The highest BCUT2D eigenvalue weighted by Crippen LogP contribution is 2.25. The number of fused-ring (bicyclic) bond motifs is 1. The van der Waals surface area contributed by atoms with Crippen LogP contribution >= 0.6 is 0 Å². The maximum absolute atomic E-state index is 12.6. The molecule has 3 aromatic rings. The highest BCUT2D eigenvalue weighted by atomic mass is 32.2. The van der Waals surface area contributed by atoms with E-state index in [-0.39, 0.29) is 17.4 Å². The Bertz CT molecular complexity index is 1120. The van der Waals surface area contributed by atoms with E-state index in [1.807, 2.05) is 42.5 Å². The first-order chi connectivity index (χ1) is 14.0. The highest BCUT2D eigenvalue weighted by molar-refractivity contribution is 7.89. The second kappa shape index (κ2) is 8.23. The molecule has 3 aromatic carbocycles. The molecule has 1 fully saturated rings. The zero-order valence-corrected chi connectivity index (χ0v) is 16.7. The summed E-state index contributed by atoms with van der Waals surface area (Å²) in [6, 6.07) is 19.7. The molecule has 0 bridgehead atoms. The number of hydrogen-bond donors (Lipinski definition) is 1. The Hall–Kier alpha value is -2.90. The minimum Gasteiger partial charge on any atom is -0.483 e. The molecule has 1 heterocycles. The summed E-state index contributed by atoms with van der Waals surface area (Å²) in [6.07, 6.45) is 1.79. The molecule has 7 heteroatoms. The van der Waals surface area contributed by atoms with Crippen LogP contribution < -0.4 is 10.1 Å². The molecule has 150 valence electrons. The van der Waals surface area contributed by atoms with Crippen molar-refractivity contribution >= 4 is 32.4 Å². The van der Waals surface area contributed by atoms with Gasteiger partial charge in [-0.1, -0.05) is 36.4 Å². The molecular formula is C22H22N2O4S. The molecule has 1 aliphatic rings. The van der Waals surface area contributed by atoms with Crippen molar-refractivity contribution < 1.29 is 17.9 Å². The van der Waals surface area contributed by atoms with Gasteiger partial charge in [0.2, 0.25) is 10.0 Å². The van der Waals surface area contributed by atoms with Gasteiger partial charge in [0.1, 0.15) is 5.75 Å². The maximum atomic E-state index is 12.6. The number of amides is 1. The average molecular weight is 410 g/mol. The third-order valence-electron chi connectivity index (χ3n) is 4.95. The van der Waals surface area contributed by atoms with Gasteiger partial charge in [-0.25, -0.2) is 8.42 Å². The zero-order valence-electron chi connectivity index (χ0n) is 15.9. The normalized spacial score (nSPS) is 14.8. The van der Waals surface area contributed by atoms with Crippen LogP contribution in [-0.2, 0) is 14.8 Å². The fourth-order valence-electron chi connectivity index (χ4n) is 3.45. The van der Waals surface area contributed by atoms with E-state index in [0.29, 0.717) is 24.5 Å². The number of nitrogens with zero attached hydrogens (tertiary/aromatic N) is 1. The van der Waals surface area contributed by atoms with Gasteiger partial charge in [0.05, 0.1) is 4.90 Å². The van der Waals surface area contributed by atoms with E-state index in [4.69, 9.17) is 4.74 Å². The minimum absolute atomic E-state index is 0.137. The molecule has 0 atom stereocenters. The van der Waals surface area contributed by atoms with Gasteiger partial charge in [-0.3, -0.25) is 4.79 Å². The zero-order chi connectivity index (χ0) is 20.3. The van der Waals surface area contributed by atoms with E-state index in [9.17, 15) is 13.2 Å². The third kappa shape index (κ3) is 4.26. The van der Waals surface area contributed by atoms with Crippen LogP contribution in [0.3, 0.4) is 0 Å². The van der Waals surface area contributed by atoms with Crippen molar-refractivity contribution in [3.63, 3.8) is 0 Å². The van der Waals surface area contributed by atoms with Crippen molar-refractivity contribution in [1.82, 2.24) is 4.31 Å². The summed E-state index contributed by atoms with van der Waals surface area (Å²) in [5.41, 5.74) is 0.525. The fraction of sp³-hybridized carbons (Fsp3) is 0.227. The van der Waals surface area contributed by atoms with Crippen molar-refractivity contribution in [2.75, 3.05) is 25.0 Å². The smallest absolute Gasteiger partial charge is 0.262 e. The van der Waals surface area contributed by atoms with Crippen molar-refractivity contribution in [3.05, 3.63) is 66.7 Å². The predicted molar refractivity (Wildman–Crippen MR) is 113 cm³/mol. The summed E-state index contributed by atoms with van der Waals surface area (Å²) < 4.78 is 32.3. The molecule has 0 spiro atoms. The average Bonchev–Trinajstić information content (AvgIpc) is 3.28. The Kier molecular flexibility index (Phi) is 5.51. The lowest BCUT2D eigenvalue weighted by Gasteiger charge is -2.15. The number of nitrogens with one attached hydrogen (secondary N) is 1. The number of hydrogen-bond acceptors (Lipinski definition) is 4. The van der Waals surface area contributed by atoms with Crippen LogP contribution in [-0.4, -0.2) is 38.3 Å². The van der Waals surface area contributed by atoms with E-state index in [2.05, 4.69) is 5.32 Å². The Morgan fingerprint density at radius 3 is 2.38 bits per heavy atom. The fourth-order valence-corrected chi connectivity index (χ4v) is 4.97. The molecule has 1 saturated heterocycles. The lowest BCUT2D eigenvalue weighted by Crippen LogP contribution is -2.27. The molecule has 0 saturated carbocycles. The summed E-state index contributed by atoms with van der Waals surface area (Å²) in [7, 11) is -3.46. The quantitative estimate of drug-likeness (QED) is 0.673. The number of carbonyl (C=O) groups is 1. The maximum Gasteiger partial charge on any atom is 0.262 e. The third-order valence-corrected chi connectivity index (χ3v) is 6.86. The van der Waals surface area contributed by atoms with Crippen molar-refractivity contribution in [2.45, 2.75) is 17.7 Å². The van der Waals surface area contributed by atoms with E-state index in [1.54, 1.807) is 12.1 Å². The molecule has 0 unspecified atom stereocenters. The van der Waals surface area contributed by atoms with Crippen LogP contribution in [0.25, 0.3) is 10.8 Å². The molecule has 0 aliphatic carbocycles. The summed E-state index contributed by atoms with van der Waals surface area (Å²) in [6.45, 7) is 0.987. The van der Waals surface area contributed by atoms with Gasteiger partial charge in [-0.2, -0.15) is 4.31 Å². The van der Waals surface area contributed by atoms with E-state index in [1.165, 1.54) is 16.4 Å². The SMILES string of the molecule is O=C(COc1cccc2ccccc12)Nc1ccc(S(=O)(=O)N2CCCC2)cc1. The number of ether oxygens (including phenoxy) is 1. The molecule has 1 amide bonds. The number of benzene rings is 3. The number of sulfonamides is 1. The summed E-state index contributed by atoms with van der Waals surface area (Å²) >= 11 is 0. The molecule has 1 N–H and O–H groups in total. The van der Waals surface area contributed by atoms with Crippen molar-refractivity contribution in [1.29, 1.82) is 0 Å². The van der Waals surface area contributed by atoms with Gasteiger partial charge in [-0.05, 0) is 48.6 Å². The monoisotopic (exact) mass is 410 g/mol. The second-order valence-electron chi connectivity index (χ2n) is 6.95. The van der Waals surface area contributed by atoms with Gasteiger partial charge in [0.25, 0.3) is 5.91 Å². The van der Waals surface area contributed by atoms with E-state index < -0.39 is 10.0 Å². The first kappa shape index (κ1) is 19.4. The summed E-state index contributed by atoms with van der Waals surface area (Å²) in [5, 5.41) is 4.72. The van der Waals surface area contributed by atoms with Crippen LogP contribution in [0.2, 0.25) is 0 Å². The van der Waals surface area contributed by atoms with Crippen molar-refractivity contribution in [2.24, 2.45) is 0 Å². The van der Waals surface area contributed by atoms with Gasteiger partial charge in [0, 0.05) is 24.2 Å². The molecule has 4 rings (SSSR count). The topological polar surface area (TPSA) is 75.7 Å². The Balaban J connectivity index is 1.38. The minimum atomic E-state index is -3.46. The molecular weight excluding hydrogens is 388 g/mol. The van der Waals surface area contributed by atoms with Crippen LogP contribution in [0.15, 0.2) is 71.6 Å². The Morgan fingerprint density at radius 2 is 1.62 bits per heavy atom. The molecule has 0 aromatic heterocycles. The van der Waals surface area contributed by atoms with E-state index >= 15 is 0 Å². The lowest BCUT2D eigenvalue weighted by atomic mass is 10.1. The first-order valence-corrected chi connectivity index (χ1v) is 11.0. The second-order valence-corrected chi connectivity index (χ2v) is 8.89. The van der Waals surface area contributed by atoms with Gasteiger partial charge in [0.15, 0.2) is 6.61 Å². The molecule has 1 aliphatic heterocycles. The van der Waals surface area contributed by atoms with E-state index in [0.717, 1.165) is 23.6 Å². The van der Waals surface area contributed by atoms with Gasteiger partial charge >= 0.3 is 0 Å². The van der Waals surface area contributed by atoms with Gasteiger partial charge in [-0.15, -0.1) is 0 Å². The first-order valence-electron chi connectivity index (χ1n) is 9.55. The van der Waals surface area contributed by atoms with Crippen LogP contribution in [0.1, 0.15) is 12.8 Å². The highest BCUT2D eigenvalue weighted by Gasteiger charge is 2.26. The predicted octanol–water partition coefficient (Wildman–Crippen LogP) is 3.64. The number of carbonyl (C=O) groups excluding carboxylic acids is 1. The number of anilines is 1. The Labute approximate surface area is 170 Å². The summed E-state index contributed by atoms with van der Waals surface area (Å²) in [5.74, 6) is 0.332. The standard InChI is InChI=1S/C22H22N2O4S/c25-22(16-28-21-9-5-7-17-6-1-2-8-20(17)21)23-18-10-12-19(13-11-18)29(26,27)24-14-3-4-15-24/h1-2,5-13H,3-4,14-16H2,(H,23,25).